The Morgan fingerprint density at radius 3 is 2.57 bits per heavy atom. The van der Waals surface area contributed by atoms with Crippen LogP contribution in [0, 0.1) is 11.6 Å². The summed E-state index contributed by atoms with van der Waals surface area (Å²) in [5.41, 5.74) is 0.0683. The van der Waals surface area contributed by atoms with Gasteiger partial charge in [0.1, 0.15) is 17.9 Å². The molecule has 0 N–H and O–H groups in total. The maximum absolute atomic E-state index is 13.2. The number of aldehydes is 1. The molecule has 0 spiro atoms. The quantitative estimate of drug-likeness (QED) is 0.562. The smallest absolute Gasteiger partial charge is 0.142 e. The summed E-state index contributed by atoms with van der Waals surface area (Å²) in [7, 11) is 0. The van der Waals surface area contributed by atoms with Crippen LogP contribution < -0.4 is 0 Å². The number of rotatable bonds is 3. The molecule has 1 aromatic rings. The van der Waals surface area contributed by atoms with Crippen LogP contribution in [0.25, 0.3) is 0 Å². The van der Waals surface area contributed by atoms with Crippen molar-refractivity contribution in [2.45, 2.75) is 19.3 Å². The molecule has 1 aromatic carbocycles. The average Bonchev–Trinajstić information content (AvgIpc) is 2.13. The van der Waals surface area contributed by atoms with Crippen molar-refractivity contribution in [3.05, 3.63) is 34.4 Å². The second-order valence-corrected chi connectivity index (χ2v) is 3.44. The Bertz CT molecular complexity index is 352. The van der Waals surface area contributed by atoms with Gasteiger partial charge in [-0.15, -0.1) is 0 Å². The summed E-state index contributed by atoms with van der Waals surface area (Å²) in [6, 6.07) is 1.98. The molecule has 0 saturated carbocycles. The highest BCUT2D eigenvalue weighted by molar-refractivity contribution is 6.31. The van der Waals surface area contributed by atoms with Crippen LogP contribution in [0.2, 0.25) is 5.02 Å². The number of benzene rings is 1. The molecule has 76 valence electrons. The first-order chi connectivity index (χ1) is 6.57. The molecule has 0 aliphatic carbocycles. The fourth-order valence-corrected chi connectivity index (χ4v) is 1.60. The second-order valence-electron chi connectivity index (χ2n) is 3.06. The Balaban J connectivity index is 3.17. The molecule has 0 amide bonds. The Morgan fingerprint density at radius 2 is 2.00 bits per heavy atom. The third-order valence-electron chi connectivity index (χ3n) is 2.02. The maximum Gasteiger partial charge on any atom is 0.142 e. The number of carbonyl (C=O) groups excluding carboxylic acids is 1. The van der Waals surface area contributed by atoms with E-state index in [1.54, 1.807) is 6.92 Å². The van der Waals surface area contributed by atoms with Gasteiger partial charge in [0.2, 0.25) is 0 Å². The molecule has 0 aliphatic rings. The highest BCUT2D eigenvalue weighted by Gasteiger charge is 2.17. The van der Waals surface area contributed by atoms with E-state index in [2.05, 4.69) is 0 Å². The van der Waals surface area contributed by atoms with Gasteiger partial charge in [0.15, 0.2) is 0 Å². The van der Waals surface area contributed by atoms with Crippen molar-refractivity contribution in [2.24, 2.45) is 0 Å². The van der Waals surface area contributed by atoms with Crippen LogP contribution in [0.4, 0.5) is 8.78 Å². The van der Waals surface area contributed by atoms with Gasteiger partial charge in [0.05, 0.1) is 5.02 Å². The largest absolute Gasteiger partial charge is 0.303 e. The lowest BCUT2D eigenvalue weighted by Gasteiger charge is -2.11. The van der Waals surface area contributed by atoms with Crippen LogP contribution in [-0.4, -0.2) is 6.29 Å². The van der Waals surface area contributed by atoms with Crippen molar-refractivity contribution in [3.8, 4) is 0 Å². The van der Waals surface area contributed by atoms with E-state index in [1.165, 1.54) is 0 Å². The molecule has 1 rings (SSSR count). The third-order valence-corrected chi connectivity index (χ3v) is 2.41. The van der Waals surface area contributed by atoms with E-state index in [0.29, 0.717) is 6.29 Å². The molecular formula is C10H9ClF2O. The summed E-state index contributed by atoms with van der Waals surface area (Å²) in [6.45, 7) is 1.62. The van der Waals surface area contributed by atoms with Gasteiger partial charge in [-0.3, -0.25) is 0 Å². The van der Waals surface area contributed by atoms with E-state index < -0.39 is 17.6 Å². The first kappa shape index (κ1) is 11.1. The van der Waals surface area contributed by atoms with Crippen molar-refractivity contribution in [1.29, 1.82) is 0 Å². The summed E-state index contributed by atoms with van der Waals surface area (Å²) >= 11 is 5.60. The number of carbonyl (C=O) groups is 1. The van der Waals surface area contributed by atoms with Crippen molar-refractivity contribution in [3.63, 3.8) is 0 Å². The summed E-state index contributed by atoms with van der Waals surface area (Å²) < 4.78 is 26.2. The van der Waals surface area contributed by atoms with Crippen molar-refractivity contribution in [2.75, 3.05) is 0 Å². The summed E-state index contributed by atoms with van der Waals surface area (Å²) in [6.07, 6.45) is 0.783. The van der Waals surface area contributed by atoms with Gasteiger partial charge < -0.3 is 4.79 Å². The summed E-state index contributed by atoms with van der Waals surface area (Å²) in [5, 5.41) is -0.237. The minimum absolute atomic E-state index is 0.0683. The predicted octanol–water partition coefficient (Wildman–Crippen LogP) is 3.31. The zero-order chi connectivity index (χ0) is 10.7. The molecule has 0 fully saturated rings. The van der Waals surface area contributed by atoms with Crippen molar-refractivity contribution < 1.29 is 13.6 Å². The van der Waals surface area contributed by atoms with Crippen LogP contribution >= 0.6 is 11.6 Å². The van der Waals surface area contributed by atoms with Crippen molar-refractivity contribution in [1.82, 2.24) is 0 Å². The summed E-state index contributed by atoms with van der Waals surface area (Å²) in [5.74, 6) is -1.65. The average molecular weight is 219 g/mol. The highest BCUT2D eigenvalue weighted by Crippen LogP contribution is 2.30. The molecule has 0 bridgehead atoms. The second kappa shape index (κ2) is 4.51. The molecule has 1 unspecified atom stereocenters. The van der Waals surface area contributed by atoms with E-state index in [0.717, 1.165) is 12.1 Å². The van der Waals surface area contributed by atoms with E-state index in [1.807, 2.05) is 0 Å². The summed E-state index contributed by atoms with van der Waals surface area (Å²) in [4.78, 5) is 10.2. The van der Waals surface area contributed by atoms with Gasteiger partial charge in [-0.25, -0.2) is 8.78 Å². The Kier molecular flexibility index (Phi) is 3.58. The van der Waals surface area contributed by atoms with Crippen molar-refractivity contribution >= 4 is 17.9 Å². The van der Waals surface area contributed by atoms with E-state index in [9.17, 15) is 13.6 Å². The molecule has 0 saturated heterocycles. The standard InChI is InChI=1S/C10H9ClF2O/c1-6(4-5-14)9-7(12)2-3-8(13)10(9)11/h2-3,5-6H,4H2,1H3. The molecule has 0 radical (unpaired) electrons. The van der Waals surface area contributed by atoms with Gasteiger partial charge in [0, 0.05) is 12.0 Å². The van der Waals surface area contributed by atoms with Gasteiger partial charge >= 0.3 is 0 Å². The molecular weight excluding hydrogens is 210 g/mol. The Morgan fingerprint density at radius 1 is 1.43 bits per heavy atom. The van der Waals surface area contributed by atoms with Crippen LogP contribution in [-0.2, 0) is 4.79 Å². The lowest BCUT2D eigenvalue weighted by molar-refractivity contribution is -0.108. The molecule has 0 aromatic heterocycles. The molecule has 14 heavy (non-hydrogen) atoms. The predicted molar refractivity (Wildman–Crippen MR) is 50.5 cm³/mol. The zero-order valence-corrected chi connectivity index (χ0v) is 8.31. The first-order valence-corrected chi connectivity index (χ1v) is 4.52. The van der Waals surface area contributed by atoms with E-state index >= 15 is 0 Å². The molecule has 1 atom stereocenters. The lowest BCUT2D eigenvalue weighted by atomic mass is 9.98. The molecule has 4 heteroatoms. The van der Waals surface area contributed by atoms with Gasteiger partial charge in [-0.2, -0.15) is 0 Å². The Hall–Kier alpha value is -0.960. The van der Waals surface area contributed by atoms with Gasteiger partial charge in [-0.05, 0) is 18.1 Å². The van der Waals surface area contributed by atoms with E-state index in [4.69, 9.17) is 11.6 Å². The topological polar surface area (TPSA) is 17.1 Å². The number of hydrogen-bond donors (Lipinski definition) is 0. The Labute approximate surface area is 85.7 Å². The highest BCUT2D eigenvalue weighted by atomic mass is 35.5. The third kappa shape index (κ3) is 2.10. The molecule has 0 heterocycles. The fraction of sp³-hybridized carbons (Fsp3) is 0.300. The van der Waals surface area contributed by atoms with Gasteiger partial charge in [-0.1, -0.05) is 18.5 Å². The van der Waals surface area contributed by atoms with Gasteiger partial charge in [0.25, 0.3) is 0 Å². The SMILES string of the molecule is CC(CC=O)c1c(F)ccc(F)c1Cl. The van der Waals surface area contributed by atoms with E-state index in [-0.39, 0.29) is 17.0 Å². The number of halogens is 3. The fourth-order valence-electron chi connectivity index (χ4n) is 1.26. The van der Waals surface area contributed by atoms with Crippen LogP contribution in [0.15, 0.2) is 12.1 Å². The van der Waals surface area contributed by atoms with Crippen LogP contribution in [0.1, 0.15) is 24.8 Å². The lowest BCUT2D eigenvalue weighted by Crippen LogP contribution is -2.01. The van der Waals surface area contributed by atoms with Crippen LogP contribution in [0.5, 0.6) is 0 Å². The minimum Gasteiger partial charge on any atom is -0.303 e. The zero-order valence-electron chi connectivity index (χ0n) is 7.56. The monoisotopic (exact) mass is 218 g/mol. The maximum atomic E-state index is 13.2. The molecule has 1 nitrogen and oxygen atoms in total. The normalized spacial score (nSPS) is 12.6. The number of hydrogen-bond acceptors (Lipinski definition) is 1. The minimum atomic E-state index is -0.666. The molecule has 0 aliphatic heterocycles. The first-order valence-electron chi connectivity index (χ1n) is 4.15. The van der Waals surface area contributed by atoms with Crippen LogP contribution in [0.3, 0.4) is 0 Å².